The van der Waals surface area contributed by atoms with Gasteiger partial charge in [0.1, 0.15) is 17.4 Å². The van der Waals surface area contributed by atoms with Crippen molar-refractivity contribution in [2.45, 2.75) is 37.1 Å². The minimum absolute atomic E-state index is 0.633. The van der Waals surface area contributed by atoms with Gasteiger partial charge in [0, 0.05) is 10.9 Å². The van der Waals surface area contributed by atoms with Crippen LogP contribution in [0.4, 0.5) is 0 Å². The van der Waals surface area contributed by atoms with Gasteiger partial charge in [-0.2, -0.15) is 5.26 Å². The maximum absolute atomic E-state index is 9.33. The molecule has 0 aliphatic carbocycles. The van der Waals surface area contributed by atoms with Gasteiger partial charge in [-0.25, -0.2) is 0 Å². The summed E-state index contributed by atoms with van der Waals surface area (Å²) < 4.78 is 5.86. The van der Waals surface area contributed by atoms with Gasteiger partial charge in [-0.15, -0.1) is 11.8 Å². The Hall–Kier alpha value is -1.18. The molecule has 1 fully saturated rings. The fourth-order valence-electron chi connectivity index (χ4n) is 2.67. The number of rotatable bonds is 6. The number of benzene rings is 1. The van der Waals surface area contributed by atoms with Crippen molar-refractivity contribution in [3.63, 3.8) is 0 Å². The highest BCUT2D eigenvalue weighted by Gasteiger charge is 2.20. The average molecular weight is 290 g/mol. The first-order chi connectivity index (χ1) is 9.76. The number of nitriles is 1. The van der Waals surface area contributed by atoms with Gasteiger partial charge >= 0.3 is 0 Å². The molecule has 1 aliphatic rings. The highest BCUT2D eigenvalue weighted by molar-refractivity contribution is 7.99. The van der Waals surface area contributed by atoms with Crippen LogP contribution >= 0.6 is 11.8 Å². The minimum atomic E-state index is 0.633. The Bertz CT molecular complexity index is 484. The molecule has 0 bridgehead atoms. The maximum Gasteiger partial charge on any atom is 0.138 e. The summed E-state index contributed by atoms with van der Waals surface area (Å²) in [4.78, 5) is 3.42. The first kappa shape index (κ1) is 15.2. The van der Waals surface area contributed by atoms with Gasteiger partial charge < -0.3 is 9.64 Å². The van der Waals surface area contributed by atoms with Crippen LogP contribution in [0.25, 0.3) is 0 Å². The van der Waals surface area contributed by atoms with Gasteiger partial charge in [0.05, 0.1) is 6.61 Å². The van der Waals surface area contributed by atoms with E-state index in [-0.39, 0.29) is 0 Å². The van der Waals surface area contributed by atoms with Crippen LogP contribution in [0.5, 0.6) is 5.75 Å². The molecule has 0 amide bonds. The molecule has 0 N–H and O–H groups in total. The summed E-state index contributed by atoms with van der Waals surface area (Å²) in [6.07, 6.45) is 3.58. The van der Waals surface area contributed by atoms with Gasteiger partial charge in [0.15, 0.2) is 0 Å². The van der Waals surface area contributed by atoms with Crippen LogP contribution in [0.1, 0.15) is 31.7 Å². The van der Waals surface area contributed by atoms with E-state index in [1.165, 1.54) is 19.4 Å². The van der Waals surface area contributed by atoms with E-state index in [2.05, 4.69) is 24.9 Å². The second kappa shape index (κ2) is 7.56. The Labute approximate surface area is 125 Å². The van der Waals surface area contributed by atoms with Gasteiger partial charge in [-0.3, -0.25) is 0 Å². The van der Waals surface area contributed by atoms with Crippen molar-refractivity contribution in [3.8, 4) is 11.8 Å². The first-order valence-corrected chi connectivity index (χ1v) is 8.23. The summed E-state index contributed by atoms with van der Waals surface area (Å²) in [6.45, 7) is 3.97. The normalized spacial score (nSPS) is 18.9. The Morgan fingerprint density at radius 2 is 2.35 bits per heavy atom. The van der Waals surface area contributed by atoms with Crippen LogP contribution in [-0.2, 0) is 0 Å². The summed E-state index contributed by atoms with van der Waals surface area (Å²) in [5, 5.41) is 9.33. The van der Waals surface area contributed by atoms with Crippen molar-refractivity contribution in [1.29, 1.82) is 5.26 Å². The summed E-state index contributed by atoms with van der Waals surface area (Å²) in [6, 6.07) is 8.77. The summed E-state index contributed by atoms with van der Waals surface area (Å²) in [5.41, 5.74) is 0.680. The lowest BCUT2D eigenvalue weighted by molar-refractivity contribution is 0.232. The van der Waals surface area contributed by atoms with E-state index in [0.717, 1.165) is 22.8 Å². The van der Waals surface area contributed by atoms with Crippen LogP contribution in [0, 0.1) is 11.3 Å². The number of likely N-dealkylation sites (tertiary alicyclic amines) is 1. The third kappa shape index (κ3) is 3.68. The Kier molecular flexibility index (Phi) is 5.75. The van der Waals surface area contributed by atoms with Gasteiger partial charge in [-0.05, 0) is 50.7 Å². The summed E-state index contributed by atoms with van der Waals surface area (Å²) in [5.74, 6) is 1.69. The molecule has 4 heteroatoms. The van der Waals surface area contributed by atoms with Crippen molar-refractivity contribution in [2.24, 2.45) is 0 Å². The van der Waals surface area contributed by atoms with E-state index in [9.17, 15) is 5.26 Å². The van der Waals surface area contributed by atoms with Crippen molar-refractivity contribution < 1.29 is 4.74 Å². The molecule has 3 nitrogen and oxygen atoms in total. The zero-order valence-electron chi connectivity index (χ0n) is 12.3. The minimum Gasteiger partial charge on any atom is -0.492 e. The van der Waals surface area contributed by atoms with Crippen LogP contribution in [0.3, 0.4) is 0 Å². The molecule has 0 spiro atoms. The smallest absolute Gasteiger partial charge is 0.138 e. The molecule has 1 saturated heterocycles. The molecular formula is C16H22N2OS. The molecule has 1 aliphatic heterocycles. The highest BCUT2D eigenvalue weighted by atomic mass is 32.2. The number of nitrogens with zero attached hydrogens (tertiary/aromatic N) is 2. The van der Waals surface area contributed by atoms with E-state index in [0.29, 0.717) is 18.2 Å². The van der Waals surface area contributed by atoms with Gasteiger partial charge in [-0.1, -0.05) is 13.0 Å². The Balaban J connectivity index is 1.95. The molecule has 1 unspecified atom stereocenters. The van der Waals surface area contributed by atoms with Crippen molar-refractivity contribution in [3.05, 3.63) is 23.8 Å². The molecule has 0 radical (unpaired) electrons. The van der Waals surface area contributed by atoms with E-state index < -0.39 is 0 Å². The van der Waals surface area contributed by atoms with E-state index >= 15 is 0 Å². The molecule has 1 atom stereocenters. The van der Waals surface area contributed by atoms with Crippen LogP contribution < -0.4 is 4.74 Å². The van der Waals surface area contributed by atoms with Crippen LogP contribution in [-0.4, -0.2) is 36.9 Å². The van der Waals surface area contributed by atoms with Gasteiger partial charge in [0.25, 0.3) is 0 Å². The van der Waals surface area contributed by atoms with Crippen molar-refractivity contribution in [2.75, 3.05) is 26.0 Å². The topological polar surface area (TPSA) is 36.3 Å². The second-order valence-corrected chi connectivity index (χ2v) is 6.39. The molecule has 2 rings (SSSR count). The number of hydrogen-bond donors (Lipinski definition) is 0. The largest absolute Gasteiger partial charge is 0.492 e. The second-order valence-electron chi connectivity index (χ2n) is 5.09. The van der Waals surface area contributed by atoms with Crippen molar-refractivity contribution in [1.82, 2.24) is 4.90 Å². The van der Waals surface area contributed by atoms with E-state index in [1.807, 2.05) is 18.2 Å². The standard InChI is InChI=1S/C16H22N2OS/c1-3-20-16-8-4-7-15(14(16)12-17)19-11-9-13-6-5-10-18(13)2/h4,7-8,13H,3,5-6,9-11H2,1-2H3. The lowest BCUT2D eigenvalue weighted by Gasteiger charge is -2.19. The maximum atomic E-state index is 9.33. The molecule has 1 heterocycles. The van der Waals surface area contributed by atoms with Crippen molar-refractivity contribution >= 4 is 11.8 Å². The molecule has 0 aromatic heterocycles. The fourth-order valence-corrected chi connectivity index (χ4v) is 3.44. The van der Waals surface area contributed by atoms with Gasteiger partial charge in [0.2, 0.25) is 0 Å². The monoisotopic (exact) mass is 290 g/mol. The first-order valence-electron chi connectivity index (χ1n) is 7.25. The third-order valence-electron chi connectivity index (χ3n) is 3.78. The quantitative estimate of drug-likeness (QED) is 0.751. The van der Waals surface area contributed by atoms with E-state index in [1.54, 1.807) is 11.8 Å². The summed E-state index contributed by atoms with van der Waals surface area (Å²) in [7, 11) is 2.18. The van der Waals surface area contributed by atoms with Crippen LogP contribution in [0.2, 0.25) is 0 Å². The predicted molar refractivity (Wildman–Crippen MR) is 83.3 cm³/mol. The van der Waals surface area contributed by atoms with Crippen LogP contribution in [0.15, 0.2) is 23.1 Å². The SMILES string of the molecule is CCSc1cccc(OCCC2CCCN2C)c1C#N. The Morgan fingerprint density at radius 3 is 3.00 bits per heavy atom. The number of thioether (sulfide) groups is 1. The molecular weight excluding hydrogens is 268 g/mol. The summed E-state index contributed by atoms with van der Waals surface area (Å²) >= 11 is 1.69. The molecule has 1 aromatic rings. The zero-order chi connectivity index (χ0) is 14.4. The lowest BCUT2D eigenvalue weighted by Crippen LogP contribution is -2.26. The number of hydrogen-bond acceptors (Lipinski definition) is 4. The molecule has 20 heavy (non-hydrogen) atoms. The predicted octanol–water partition coefficient (Wildman–Crippen LogP) is 3.53. The zero-order valence-corrected chi connectivity index (χ0v) is 13.1. The molecule has 0 saturated carbocycles. The molecule has 108 valence electrons. The lowest BCUT2D eigenvalue weighted by atomic mass is 10.1. The Morgan fingerprint density at radius 1 is 1.50 bits per heavy atom. The number of ether oxygens (including phenoxy) is 1. The third-order valence-corrected chi connectivity index (χ3v) is 4.72. The average Bonchev–Trinajstić information content (AvgIpc) is 2.85. The highest BCUT2D eigenvalue weighted by Crippen LogP contribution is 2.29. The molecule has 1 aromatic carbocycles. The van der Waals surface area contributed by atoms with E-state index in [4.69, 9.17) is 4.74 Å². The fraction of sp³-hybridized carbons (Fsp3) is 0.562.